The Labute approximate surface area is 112 Å². The number of hydrogen-bond donors (Lipinski definition) is 1. The summed E-state index contributed by atoms with van der Waals surface area (Å²) in [5.41, 5.74) is 0.653. The van der Waals surface area contributed by atoms with Crippen LogP contribution < -0.4 is 10.1 Å². The van der Waals surface area contributed by atoms with E-state index in [0.717, 1.165) is 12.8 Å². The molecule has 0 radical (unpaired) electrons. The lowest BCUT2D eigenvalue weighted by Crippen LogP contribution is -2.44. The lowest BCUT2D eigenvalue weighted by Gasteiger charge is -2.28. The number of nitrogens with one attached hydrogen (secondary N) is 1. The number of methoxy groups -OCH3 is 1. The van der Waals surface area contributed by atoms with Crippen molar-refractivity contribution < 1.29 is 9.13 Å². The van der Waals surface area contributed by atoms with Gasteiger partial charge in [0.2, 0.25) is 0 Å². The lowest BCUT2D eigenvalue weighted by atomic mass is 10.00. The SMILES string of the molecule is COc1ccc(CNC2(CCl)CCCC2)c(F)c1. The molecule has 2 rings (SSSR count). The van der Waals surface area contributed by atoms with E-state index in [9.17, 15) is 4.39 Å². The van der Waals surface area contributed by atoms with E-state index in [0.29, 0.717) is 23.7 Å². The number of rotatable bonds is 5. The third-order valence-corrected chi connectivity index (χ3v) is 4.24. The molecule has 0 saturated heterocycles. The average Bonchev–Trinajstić information content (AvgIpc) is 2.86. The third-order valence-electron chi connectivity index (χ3n) is 3.73. The summed E-state index contributed by atoms with van der Waals surface area (Å²) >= 11 is 6.04. The Morgan fingerprint density at radius 3 is 2.67 bits per heavy atom. The highest BCUT2D eigenvalue weighted by molar-refractivity contribution is 6.18. The van der Waals surface area contributed by atoms with Gasteiger partial charge in [0.25, 0.3) is 0 Å². The zero-order valence-corrected chi connectivity index (χ0v) is 11.4. The zero-order valence-electron chi connectivity index (χ0n) is 10.6. The molecule has 0 unspecified atom stereocenters. The largest absolute Gasteiger partial charge is 0.497 e. The van der Waals surface area contributed by atoms with E-state index >= 15 is 0 Å². The molecular formula is C14H19ClFNO. The van der Waals surface area contributed by atoms with Gasteiger partial charge in [-0.15, -0.1) is 11.6 Å². The number of alkyl halides is 1. The molecule has 1 fully saturated rings. The third kappa shape index (κ3) is 2.96. The summed E-state index contributed by atoms with van der Waals surface area (Å²) in [6.07, 6.45) is 4.55. The summed E-state index contributed by atoms with van der Waals surface area (Å²) in [6.45, 7) is 0.516. The van der Waals surface area contributed by atoms with Crippen molar-refractivity contribution in [3.8, 4) is 5.75 Å². The molecule has 1 aliphatic carbocycles. The second-order valence-corrected chi connectivity index (χ2v) is 5.20. The Morgan fingerprint density at radius 2 is 2.11 bits per heavy atom. The van der Waals surface area contributed by atoms with Gasteiger partial charge in [0.15, 0.2) is 0 Å². The first kappa shape index (κ1) is 13.6. The maximum Gasteiger partial charge on any atom is 0.131 e. The topological polar surface area (TPSA) is 21.3 Å². The molecule has 100 valence electrons. The second-order valence-electron chi connectivity index (χ2n) is 4.93. The van der Waals surface area contributed by atoms with Gasteiger partial charge >= 0.3 is 0 Å². The van der Waals surface area contributed by atoms with Crippen molar-refractivity contribution >= 4 is 11.6 Å². The second kappa shape index (κ2) is 5.89. The first-order valence-corrected chi connectivity index (χ1v) is 6.86. The number of hydrogen-bond acceptors (Lipinski definition) is 2. The Bertz CT molecular complexity index is 405. The Hall–Kier alpha value is -0.800. The van der Waals surface area contributed by atoms with Crippen LogP contribution in [0.3, 0.4) is 0 Å². The predicted molar refractivity (Wildman–Crippen MR) is 71.7 cm³/mol. The van der Waals surface area contributed by atoms with Gasteiger partial charge in [-0.2, -0.15) is 0 Å². The molecule has 1 N–H and O–H groups in total. The van der Waals surface area contributed by atoms with Gasteiger partial charge in [0.05, 0.1) is 7.11 Å². The first-order chi connectivity index (χ1) is 8.69. The molecule has 0 aromatic heterocycles. The van der Waals surface area contributed by atoms with Crippen LogP contribution in [0.25, 0.3) is 0 Å². The molecule has 1 aromatic carbocycles. The number of halogens is 2. The fourth-order valence-corrected chi connectivity index (χ4v) is 2.85. The molecule has 1 aliphatic rings. The van der Waals surface area contributed by atoms with Crippen molar-refractivity contribution in [2.45, 2.75) is 37.8 Å². The molecule has 0 amide bonds. The van der Waals surface area contributed by atoms with Crippen LogP contribution in [0.4, 0.5) is 4.39 Å². The monoisotopic (exact) mass is 271 g/mol. The van der Waals surface area contributed by atoms with Crippen LogP contribution in [0.5, 0.6) is 5.75 Å². The lowest BCUT2D eigenvalue weighted by molar-refractivity contribution is 0.363. The van der Waals surface area contributed by atoms with Crippen LogP contribution in [0.1, 0.15) is 31.2 Å². The normalized spacial score (nSPS) is 17.9. The van der Waals surface area contributed by atoms with Crippen LogP contribution in [-0.2, 0) is 6.54 Å². The minimum absolute atomic E-state index is 0.00603. The van der Waals surface area contributed by atoms with Gasteiger partial charge < -0.3 is 10.1 Å². The maximum absolute atomic E-state index is 13.8. The predicted octanol–water partition coefficient (Wildman–Crippen LogP) is 3.48. The molecule has 18 heavy (non-hydrogen) atoms. The molecule has 0 heterocycles. The molecule has 0 bridgehead atoms. The molecule has 2 nitrogen and oxygen atoms in total. The van der Waals surface area contributed by atoms with Gasteiger partial charge in [-0.05, 0) is 18.9 Å². The molecule has 1 aromatic rings. The van der Waals surface area contributed by atoms with E-state index in [4.69, 9.17) is 16.3 Å². The number of benzene rings is 1. The molecule has 0 atom stereocenters. The quantitative estimate of drug-likeness (QED) is 0.828. The summed E-state index contributed by atoms with van der Waals surface area (Å²) in [4.78, 5) is 0. The summed E-state index contributed by atoms with van der Waals surface area (Å²) in [5, 5.41) is 3.43. The van der Waals surface area contributed by atoms with Crippen LogP contribution >= 0.6 is 11.6 Å². The van der Waals surface area contributed by atoms with Crippen LogP contribution in [0.2, 0.25) is 0 Å². The molecular weight excluding hydrogens is 253 g/mol. The van der Waals surface area contributed by atoms with Crippen LogP contribution in [-0.4, -0.2) is 18.5 Å². The summed E-state index contributed by atoms with van der Waals surface area (Å²) in [7, 11) is 1.54. The standard InChI is InChI=1S/C14H19ClFNO/c1-18-12-5-4-11(13(16)8-12)9-17-14(10-15)6-2-3-7-14/h4-5,8,17H,2-3,6-7,9-10H2,1H3. The van der Waals surface area contributed by atoms with Crippen molar-refractivity contribution in [1.29, 1.82) is 0 Å². The van der Waals surface area contributed by atoms with Gasteiger partial charge in [0, 0.05) is 29.6 Å². The molecule has 0 spiro atoms. The summed E-state index contributed by atoms with van der Waals surface area (Å²) in [5.74, 6) is 0.902. The summed E-state index contributed by atoms with van der Waals surface area (Å²) < 4.78 is 18.8. The highest BCUT2D eigenvalue weighted by atomic mass is 35.5. The van der Waals surface area contributed by atoms with E-state index in [-0.39, 0.29) is 11.4 Å². The van der Waals surface area contributed by atoms with Crippen molar-refractivity contribution in [1.82, 2.24) is 5.32 Å². The van der Waals surface area contributed by atoms with Crippen molar-refractivity contribution in [2.24, 2.45) is 0 Å². The van der Waals surface area contributed by atoms with Crippen LogP contribution in [0.15, 0.2) is 18.2 Å². The van der Waals surface area contributed by atoms with Crippen molar-refractivity contribution in [3.05, 3.63) is 29.6 Å². The fourth-order valence-electron chi connectivity index (χ4n) is 2.49. The summed E-state index contributed by atoms with van der Waals surface area (Å²) in [6, 6.07) is 4.96. The highest BCUT2D eigenvalue weighted by Gasteiger charge is 2.32. The van der Waals surface area contributed by atoms with Crippen molar-refractivity contribution in [2.75, 3.05) is 13.0 Å². The Kier molecular flexibility index (Phi) is 4.46. The smallest absolute Gasteiger partial charge is 0.131 e. The first-order valence-electron chi connectivity index (χ1n) is 6.32. The molecule has 4 heteroatoms. The fraction of sp³-hybridized carbons (Fsp3) is 0.571. The van der Waals surface area contributed by atoms with E-state index in [1.54, 1.807) is 12.1 Å². The minimum Gasteiger partial charge on any atom is -0.497 e. The van der Waals surface area contributed by atoms with E-state index < -0.39 is 0 Å². The molecule has 1 saturated carbocycles. The number of ether oxygens (including phenoxy) is 1. The minimum atomic E-state index is -0.232. The van der Waals surface area contributed by atoms with E-state index in [1.807, 2.05) is 0 Å². The highest BCUT2D eigenvalue weighted by Crippen LogP contribution is 2.31. The van der Waals surface area contributed by atoms with Crippen LogP contribution in [0, 0.1) is 5.82 Å². The van der Waals surface area contributed by atoms with E-state index in [2.05, 4.69) is 5.32 Å². The van der Waals surface area contributed by atoms with Crippen molar-refractivity contribution in [3.63, 3.8) is 0 Å². The Balaban J connectivity index is 2.01. The zero-order chi connectivity index (χ0) is 13.0. The molecule has 0 aliphatic heterocycles. The average molecular weight is 272 g/mol. The van der Waals surface area contributed by atoms with Gasteiger partial charge in [-0.1, -0.05) is 18.9 Å². The maximum atomic E-state index is 13.8. The van der Waals surface area contributed by atoms with E-state index in [1.165, 1.54) is 26.0 Å². The van der Waals surface area contributed by atoms with Gasteiger partial charge in [-0.25, -0.2) is 4.39 Å². The Morgan fingerprint density at radius 1 is 1.39 bits per heavy atom. The van der Waals surface area contributed by atoms with Gasteiger partial charge in [0.1, 0.15) is 11.6 Å². The van der Waals surface area contributed by atoms with Gasteiger partial charge in [-0.3, -0.25) is 0 Å².